The van der Waals surface area contributed by atoms with Crippen molar-refractivity contribution in [1.29, 1.82) is 0 Å². The SMILES string of the molecule is Cc1nc2cc(CC(=O)NC(C)C)ccc2n1C(C)C. The maximum Gasteiger partial charge on any atom is 0.224 e. The van der Waals surface area contributed by atoms with Crippen molar-refractivity contribution >= 4 is 16.9 Å². The van der Waals surface area contributed by atoms with E-state index >= 15 is 0 Å². The van der Waals surface area contributed by atoms with Gasteiger partial charge in [0, 0.05) is 12.1 Å². The van der Waals surface area contributed by atoms with E-state index in [0.29, 0.717) is 12.5 Å². The summed E-state index contributed by atoms with van der Waals surface area (Å²) in [4.78, 5) is 16.4. The zero-order valence-electron chi connectivity index (χ0n) is 12.9. The van der Waals surface area contributed by atoms with Crippen molar-refractivity contribution in [2.75, 3.05) is 0 Å². The molecule has 0 aliphatic heterocycles. The minimum absolute atomic E-state index is 0.0550. The first-order valence-corrected chi connectivity index (χ1v) is 7.15. The summed E-state index contributed by atoms with van der Waals surface area (Å²) in [6.45, 7) is 10.3. The van der Waals surface area contributed by atoms with Crippen molar-refractivity contribution in [3.63, 3.8) is 0 Å². The van der Waals surface area contributed by atoms with E-state index in [0.717, 1.165) is 22.4 Å². The molecule has 2 aromatic rings. The van der Waals surface area contributed by atoms with Gasteiger partial charge in [0.1, 0.15) is 5.82 Å². The second kappa shape index (κ2) is 5.65. The molecule has 1 aromatic heterocycles. The number of hydrogen-bond donors (Lipinski definition) is 1. The molecule has 0 atom stereocenters. The molecule has 0 spiro atoms. The molecule has 2 rings (SSSR count). The topological polar surface area (TPSA) is 46.9 Å². The van der Waals surface area contributed by atoms with Gasteiger partial charge in [-0.05, 0) is 52.3 Å². The molecule has 108 valence electrons. The van der Waals surface area contributed by atoms with Crippen LogP contribution in [0.15, 0.2) is 18.2 Å². The molecule has 20 heavy (non-hydrogen) atoms. The third-order valence-electron chi connectivity index (χ3n) is 3.26. The lowest BCUT2D eigenvalue weighted by Crippen LogP contribution is -2.31. The zero-order valence-corrected chi connectivity index (χ0v) is 12.9. The minimum atomic E-state index is 0.0550. The smallest absolute Gasteiger partial charge is 0.224 e. The molecule has 0 aliphatic carbocycles. The van der Waals surface area contributed by atoms with Gasteiger partial charge in [0.05, 0.1) is 17.5 Å². The Labute approximate surface area is 120 Å². The number of fused-ring (bicyclic) bond motifs is 1. The van der Waals surface area contributed by atoms with Gasteiger partial charge in [0.15, 0.2) is 0 Å². The first-order chi connectivity index (χ1) is 9.38. The summed E-state index contributed by atoms with van der Waals surface area (Å²) in [5.41, 5.74) is 3.10. The second-order valence-electron chi connectivity index (χ2n) is 5.84. The Hall–Kier alpha value is -1.84. The number of rotatable bonds is 4. The van der Waals surface area contributed by atoms with Gasteiger partial charge in [-0.25, -0.2) is 4.98 Å². The summed E-state index contributed by atoms with van der Waals surface area (Å²) >= 11 is 0. The highest BCUT2D eigenvalue weighted by Gasteiger charge is 2.11. The highest BCUT2D eigenvalue weighted by Crippen LogP contribution is 2.21. The first-order valence-electron chi connectivity index (χ1n) is 7.15. The number of amides is 1. The van der Waals surface area contributed by atoms with Gasteiger partial charge in [-0.3, -0.25) is 4.79 Å². The summed E-state index contributed by atoms with van der Waals surface area (Å²) in [5, 5.41) is 2.91. The zero-order chi connectivity index (χ0) is 14.9. The largest absolute Gasteiger partial charge is 0.354 e. The van der Waals surface area contributed by atoms with Crippen molar-refractivity contribution < 1.29 is 4.79 Å². The fourth-order valence-electron chi connectivity index (χ4n) is 2.58. The van der Waals surface area contributed by atoms with Crippen LogP contribution in [0.25, 0.3) is 11.0 Å². The van der Waals surface area contributed by atoms with Gasteiger partial charge in [-0.1, -0.05) is 6.07 Å². The molecular weight excluding hydrogens is 250 g/mol. The number of benzene rings is 1. The average molecular weight is 273 g/mol. The highest BCUT2D eigenvalue weighted by molar-refractivity contribution is 5.82. The molecule has 1 amide bonds. The third kappa shape index (κ3) is 3.00. The van der Waals surface area contributed by atoms with Crippen LogP contribution < -0.4 is 5.32 Å². The van der Waals surface area contributed by atoms with Crippen molar-refractivity contribution in [2.24, 2.45) is 0 Å². The van der Waals surface area contributed by atoms with Gasteiger partial charge < -0.3 is 9.88 Å². The van der Waals surface area contributed by atoms with E-state index in [9.17, 15) is 4.79 Å². The lowest BCUT2D eigenvalue weighted by atomic mass is 10.1. The van der Waals surface area contributed by atoms with Gasteiger partial charge in [0.25, 0.3) is 0 Å². The van der Waals surface area contributed by atoms with Gasteiger partial charge in [-0.2, -0.15) is 0 Å². The Kier molecular flexibility index (Phi) is 4.12. The molecule has 1 aromatic carbocycles. The molecule has 0 saturated carbocycles. The average Bonchev–Trinajstić information content (AvgIpc) is 2.62. The van der Waals surface area contributed by atoms with Crippen LogP contribution in [-0.2, 0) is 11.2 Å². The molecule has 0 saturated heterocycles. The van der Waals surface area contributed by atoms with E-state index < -0.39 is 0 Å². The van der Waals surface area contributed by atoms with Crippen LogP contribution >= 0.6 is 0 Å². The highest BCUT2D eigenvalue weighted by atomic mass is 16.1. The van der Waals surface area contributed by atoms with Gasteiger partial charge >= 0.3 is 0 Å². The fourth-order valence-corrected chi connectivity index (χ4v) is 2.58. The van der Waals surface area contributed by atoms with Crippen molar-refractivity contribution in [3.8, 4) is 0 Å². The molecule has 4 nitrogen and oxygen atoms in total. The number of nitrogens with zero attached hydrogens (tertiary/aromatic N) is 2. The quantitative estimate of drug-likeness (QED) is 0.931. The number of imidazole rings is 1. The molecule has 0 unspecified atom stereocenters. The Morgan fingerprint density at radius 3 is 2.60 bits per heavy atom. The molecule has 0 aliphatic rings. The maximum absolute atomic E-state index is 11.8. The Bertz CT molecular complexity index is 626. The van der Waals surface area contributed by atoms with Crippen LogP contribution in [0, 0.1) is 6.92 Å². The molecule has 1 heterocycles. The lowest BCUT2D eigenvalue weighted by Gasteiger charge is -2.11. The number of aromatic nitrogens is 2. The maximum atomic E-state index is 11.8. The summed E-state index contributed by atoms with van der Waals surface area (Å²) in [6.07, 6.45) is 0.404. The monoisotopic (exact) mass is 273 g/mol. The summed E-state index contributed by atoms with van der Waals surface area (Å²) in [6, 6.07) is 6.65. The van der Waals surface area contributed by atoms with E-state index in [1.54, 1.807) is 0 Å². The molecule has 0 radical (unpaired) electrons. The van der Waals surface area contributed by atoms with Gasteiger partial charge in [-0.15, -0.1) is 0 Å². The number of aryl methyl sites for hydroxylation is 1. The molecule has 1 N–H and O–H groups in total. The standard InChI is InChI=1S/C16H23N3O/c1-10(2)17-16(20)9-13-6-7-15-14(8-13)18-12(5)19(15)11(3)4/h6-8,10-11H,9H2,1-5H3,(H,17,20). The van der Waals surface area contributed by atoms with Crippen LogP contribution in [0.3, 0.4) is 0 Å². The Morgan fingerprint density at radius 1 is 1.30 bits per heavy atom. The van der Waals surface area contributed by atoms with E-state index in [2.05, 4.69) is 34.8 Å². The minimum Gasteiger partial charge on any atom is -0.354 e. The predicted octanol–water partition coefficient (Wildman–Crippen LogP) is 2.99. The lowest BCUT2D eigenvalue weighted by molar-refractivity contribution is -0.120. The van der Waals surface area contributed by atoms with Crippen LogP contribution in [0.1, 0.15) is 45.1 Å². The first kappa shape index (κ1) is 14.6. The van der Waals surface area contributed by atoms with Crippen molar-refractivity contribution in [2.45, 2.75) is 53.1 Å². The van der Waals surface area contributed by atoms with E-state index in [-0.39, 0.29) is 11.9 Å². The molecule has 0 bridgehead atoms. The molecule has 4 heteroatoms. The van der Waals surface area contributed by atoms with E-state index in [1.807, 2.05) is 32.9 Å². The normalized spacial score (nSPS) is 11.6. The van der Waals surface area contributed by atoms with Crippen LogP contribution in [0.5, 0.6) is 0 Å². The number of carbonyl (C=O) groups excluding carboxylic acids is 1. The van der Waals surface area contributed by atoms with Crippen LogP contribution in [-0.4, -0.2) is 21.5 Å². The third-order valence-corrected chi connectivity index (χ3v) is 3.26. The van der Waals surface area contributed by atoms with E-state index in [1.165, 1.54) is 0 Å². The van der Waals surface area contributed by atoms with Crippen molar-refractivity contribution in [1.82, 2.24) is 14.9 Å². The van der Waals surface area contributed by atoms with Crippen LogP contribution in [0.4, 0.5) is 0 Å². The number of hydrogen-bond acceptors (Lipinski definition) is 2. The fraction of sp³-hybridized carbons (Fsp3) is 0.500. The summed E-state index contributed by atoms with van der Waals surface area (Å²) in [7, 11) is 0. The number of nitrogens with one attached hydrogen (secondary N) is 1. The second-order valence-corrected chi connectivity index (χ2v) is 5.84. The predicted molar refractivity (Wildman–Crippen MR) is 81.8 cm³/mol. The Morgan fingerprint density at radius 2 is 2.00 bits per heavy atom. The van der Waals surface area contributed by atoms with Gasteiger partial charge in [0.2, 0.25) is 5.91 Å². The van der Waals surface area contributed by atoms with Crippen molar-refractivity contribution in [3.05, 3.63) is 29.6 Å². The van der Waals surface area contributed by atoms with Crippen LogP contribution in [0.2, 0.25) is 0 Å². The molecular formula is C16H23N3O. The summed E-state index contributed by atoms with van der Waals surface area (Å²) < 4.78 is 2.22. The van der Waals surface area contributed by atoms with E-state index in [4.69, 9.17) is 0 Å². The Balaban J connectivity index is 2.29. The number of carbonyl (C=O) groups is 1. The molecule has 0 fully saturated rings. The summed E-state index contributed by atoms with van der Waals surface area (Å²) in [5.74, 6) is 1.07.